The van der Waals surface area contributed by atoms with Crippen molar-refractivity contribution in [2.45, 2.75) is 18.4 Å². The third kappa shape index (κ3) is 2.99. The molecule has 0 spiro atoms. The van der Waals surface area contributed by atoms with Crippen molar-refractivity contribution in [3.63, 3.8) is 0 Å². The standard InChI is InChI=1S/C16H14F2O/c17-13-5-1-11(2-6-13)16(9-15-10-19-15)12-3-7-14(18)8-4-12/h1-8,15-16H,9-10H2. The van der Waals surface area contributed by atoms with Crippen LogP contribution >= 0.6 is 0 Å². The summed E-state index contributed by atoms with van der Waals surface area (Å²) in [5.41, 5.74) is 2.06. The summed E-state index contributed by atoms with van der Waals surface area (Å²) >= 11 is 0. The first-order chi connectivity index (χ1) is 9.22. The summed E-state index contributed by atoms with van der Waals surface area (Å²) < 4.78 is 31.3. The molecular formula is C16H14F2O. The molecule has 1 saturated heterocycles. The van der Waals surface area contributed by atoms with E-state index in [-0.39, 0.29) is 23.7 Å². The van der Waals surface area contributed by atoms with Crippen LogP contribution in [0.1, 0.15) is 23.5 Å². The fraction of sp³-hybridized carbons (Fsp3) is 0.250. The maximum Gasteiger partial charge on any atom is 0.123 e. The van der Waals surface area contributed by atoms with Gasteiger partial charge in [0, 0.05) is 5.92 Å². The Hall–Kier alpha value is -1.74. The minimum Gasteiger partial charge on any atom is -0.373 e. The average molecular weight is 260 g/mol. The van der Waals surface area contributed by atoms with E-state index in [1.165, 1.54) is 24.3 Å². The fourth-order valence-electron chi connectivity index (χ4n) is 2.32. The van der Waals surface area contributed by atoms with Gasteiger partial charge >= 0.3 is 0 Å². The number of epoxide rings is 1. The molecule has 3 heteroatoms. The summed E-state index contributed by atoms with van der Waals surface area (Å²) in [6.07, 6.45) is 1.11. The van der Waals surface area contributed by atoms with Gasteiger partial charge in [0.1, 0.15) is 11.6 Å². The lowest BCUT2D eigenvalue weighted by Gasteiger charge is -2.17. The van der Waals surface area contributed by atoms with Crippen molar-refractivity contribution in [2.75, 3.05) is 6.61 Å². The van der Waals surface area contributed by atoms with E-state index in [0.717, 1.165) is 24.2 Å². The average Bonchev–Trinajstić information content (AvgIpc) is 3.22. The normalized spacial score (nSPS) is 17.7. The van der Waals surface area contributed by atoms with Gasteiger partial charge in [-0.2, -0.15) is 0 Å². The summed E-state index contributed by atoms with van der Waals surface area (Å²) in [6, 6.07) is 13.0. The van der Waals surface area contributed by atoms with Crippen LogP contribution in [0.3, 0.4) is 0 Å². The first-order valence-electron chi connectivity index (χ1n) is 6.35. The highest BCUT2D eigenvalue weighted by Crippen LogP contribution is 2.33. The van der Waals surface area contributed by atoms with Gasteiger partial charge in [-0.1, -0.05) is 24.3 Å². The van der Waals surface area contributed by atoms with Crippen molar-refractivity contribution >= 4 is 0 Å². The molecule has 1 aliphatic heterocycles. The molecule has 2 aromatic rings. The maximum atomic E-state index is 13.0. The molecule has 0 aromatic heterocycles. The largest absolute Gasteiger partial charge is 0.373 e. The zero-order chi connectivity index (χ0) is 13.2. The van der Waals surface area contributed by atoms with Crippen molar-refractivity contribution in [1.82, 2.24) is 0 Å². The van der Waals surface area contributed by atoms with Gasteiger partial charge in [0.25, 0.3) is 0 Å². The highest BCUT2D eigenvalue weighted by molar-refractivity contribution is 5.33. The Kier molecular flexibility index (Phi) is 3.30. The van der Waals surface area contributed by atoms with E-state index in [1.807, 2.05) is 0 Å². The highest BCUT2D eigenvalue weighted by Gasteiger charge is 2.28. The van der Waals surface area contributed by atoms with E-state index in [1.54, 1.807) is 24.3 Å². The third-order valence-corrected chi connectivity index (χ3v) is 3.45. The van der Waals surface area contributed by atoms with Gasteiger partial charge in [0.15, 0.2) is 0 Å². The molecule has 1 heterocycles. The molecule has 1 aliphatic rings. The third-order valence-electron chi connectivity index (χ3n) is 3.45. The first-order valence-corrected chi connectivity index (χ1v) is 6.35. The molecule has 0 aliphatic carbocycles. The van der Waals surface area contributed by atoms with Crippen LogP contribution in [0.15, 0.2) is 48.5 Å². The van der Waals surface area contributed by atoms with Gasteiger partial charge in [0.2, 0.25) is 0 Å². The second kappa shape index (κ2) is 5.10. The Morgan fingerprint density at radius 2 is 1.32 bits per heavy atom. The van der Waals surface area contributed by atoms with Crippen LogP contribution in [0.4, 0.5) is 8.78 Å². The number of rotatable bonds is 4. The quantitative estimate of drug-likeness (QED) is 0.760. The molecule has 19 heavy (non-hydrogen) atoms. The molecule has 0 saturated carbocycles. The molecule has 0 N–H and O–H groups in total. The number of hydrogen-bond acceptors (Lipinski definition) is 1. The lowest BCUT2D eigenvalue weighted by Crippen LogP contribution is -2.05. The highest BCUT2D eigenvalue weighted by atomic mass is 19.1. The topological polar surface area (TPSA) is 12.5 Å². The van der Waals surface area contributed by atoms with E-state index in [0.29, 0.717) is 0 Å². The first kappa shape index (κ1) is 12.3. The number of ether oxygens (including phenoxy) is 1. The van der Waals surface area contributed by atoms with Gasteiger partial charge in [-0.15, -0.1) is 0 Å². The van der Waals surface area contributed by atoms with Crippen molar-refractivity contribution < 1.29 is 13.5 Å². The van der Waals surface area contributed by atoms with Crippen molar-refractivity contribution in [3.8, 4) is 0 Å². The molecule has 2 aromatic carbocycles. The monoisotopic (exact) mass is 260 g/mol. The van der Waals surface area contributed by atoms with Gasteiger partial charge in [-0.05, 0) is 41.8 Å². The van der Waals surface area contributed by atoms with Crippen LogP contribution in [0.5, 0.6) is 0 Å². The van der Waals surface area contributed by atoms with Gasteiger partial charge in [0.05, 0.1) is 12.7 Å². The van der Waals surface area contributed by atoms with Crippen LogP contribution in [0.2, 0.25) is 0 Å². The molecule has 0 radical (unpaired) electrons. The predicted octanol–water partition coefficient (Wildman–Crippen LogP) is 3.89. The lowest BCUT2D eigenvalue weighted by atomic mass is 9.87. The Balaban J connectivity index is 1.91. The molecule has 0 bridgehead atoms. The molecular weight excluding hydrogens is 246 g/mol. The van der Waals surface area contributed by atoms with Crippen molar-refractivity contribution in [2.24, 2.45) is 0 Å². The summed E-state index contributed by atoms with van der Waals surface area (Å²) in [5.74, 6) is -0.373. The number of benzene rings is 2. The second-order valence-corrected chi connectivity index (χ2v) is 4.85. The van der Waals surface area contributed by atoms with Crippen LogP contribution in [-0.2, 0) is 4.74 Å². The van der Waals surface area contributed by atoms with Crippen molar-refractivity contribution in [1.29, 1.82) is 0 Å². The van der Waals surface area contributed by atoms with Crippen LogP contribution in [0.25, 0.3) is 0 Å². The van der Waals surface area contributed by atoms with E-state index in [2.05, 4.69) is 0 Å². The Morgan fingerprint density at radius 3 is 1.68 bits per heavy atom. The van der Waals surface area contributed by atoms with E-state index in [4.69, 9.17) is 4.74 Å². The van der Waals surface area contributed by atoms with E-state index >= 15 is 0 Å². The van der Waals surface area contributed by atoms with Crippen LogP contribution < -0.4 is 0 Å². The smallest absolute Gasteiger partial charge is 0.123 e. The number of halogens is 2. The lowest BCUT2D eigenvalue weighted by molar-refractivity contribution is 0.388. The van der Waals surface area contributed by atoms with Crippen LogP contribution in [0, 0.1) is 11.6 Å². The van der Waals surface area contributed by atoms with Gasteiger partial charge in [-0.3, -0.25) is 0 Å². The SMILES string of the molecule is Fc1ccc(C(CC2CO2)c2ccc(F)cc2)cc1. The van der Waals surface area contributed by atoms with E-state index < -0.39 is 0 Å². The summed E-state index contributed by atoms with van der Waals surface area (Å²) in [7, 11) is 0. The second-order valence-electron chi connectivity index (χ2n) is 4.85. The molecule has 98 valence electrons. The molecule has 1 nitrogen and oxygen atoms in total. The molecule has 1 atom stereocenters. The minimum absolute atomic E-state index is 0.119. The zero-order valence-electron chi connectivity index (χ0n) is 10.4. The Bertz CT molecular complexity index is 498. The number of hydrogen-bond donors (Lipinski definition) is 0. The molecule has 1 fully saturated rings. The summed E-state index contributed by atoms with van der Waals surface area (Å²) in [5, 5.41) is 0. The minimum atomic E-state index is -0.246. The molecule has 3 rings (SSSR count). The zero-order valence-corrected chi connectivity index (χ0v) is 10.4. The maximum absolute atomic E-state index is 13.0. The Labute approximate surface area is 110 Å². The van der Waals surface area contributed by atoms with Crippen LogP contribution in [-0.4, -0.2) is 12.7 Å². The Morgan fingerprint density at radius 1 is 0.895 bits per heavy atom. The van der Waals surface area contributed by atoms with Gasteiger partial charge < -0.3 is 4.74 Å². The fourth-order valence-corrected chi connectivity index (χ4v) is 2.32. The summed E-state index contributed by atoms with van der Waals surface area (Å²) in [4.78, 5) is 0. The van der Waals surface area contributed by atoms with E-state index in [9.17, 15) is 8.78 Å². The van der Waals surface area contributed by atoms with Gasteiger partial charge in [-0.25, -0.2) is 8.78 Å². The summed E-state index contributed by atoms with van der Waals surface area (Å²) in [6.45, 7) is 0.777. The predicted molar refractivity (Wildman–Crippen MR) is 69.0 cm³/mol. The molecule has 0 amide bonds. The van der Waals surface area contributed by atoms with Crippen molar-refractivity contribution in [3.05, 3.63) is 71.3 Å². The molecule has 1 unspecified atom stereocenters.